The van der Waals surface area contributed by atoms with Gasteiger partial charge in [0.2, 0.25) is 10.0 Å². The predicted molar refractivity (Wildman–Crippen MR) is 73.0 cm³/mol. The number of nitrogens with one attached hydrogen (secondary N) is 1. The number of oxime groups is 1. The Morgan fingerprint density at radius 3 is 2.79 bits per heavy atom. The second-order valence-corrected chi connectivity index (χ2v) is 6.34. The van der Waals surface area contributed by atoms with E-state index in [2.05, 4.69) is 9.88 Å². The third kappa shape index (κ3) is 4.66. The van der Waals surface area contributed by atoms with Gasteiger partial charge in [-0.3, -0.25) is 4.72 Å². The summed E-state index contributed by atoms with van der Waals surface area (Å²) in [6.07, 6.45) is 0. The molecular weight excluding hydrogens is 270 g/mol. The number of amidine groups is 1. The van der Waals surface area contributed by atoms with Crippen LogP contribution < -0.4 is 15.2 Å². The first-order valence-electron chi connectivity index (χ1n) is 5.56. The van der Waals surface area contributed by atoms with Crippen LogP contribution in [0.2, 0.25) is 0 Å². The molecule has 19 heavy (non-hydrogen) atoms. The molecule has 0 aliphatic carbocycles. The van der Waals surface area contributed by atoms with Crippen molar-refractivity contribution in [3.8, 4) is 5.75 Å². The second-order valence-electron chi connectivity index (χ2n) is 4.10. The van der Waals surface area contributed by atoms with Crippen molar-refractivity contribution < 1.29 is 18.4 Å². The third-order valence-electron chi connectivity index (χ3n) is 2.23. The Bertz CT molecular complexity index is 555. The normalized spacial score (nSPS) is 12.5. The third-order valence-corrected chi connectivity index (χ3v) is 3.99. The summed E-state index contributed by atoms with van der Waals surface area (Å²) in [5, 5.41) is 10.6. The van der Waals surface area contributed by atoms with Gasteiger partial charge in [0.05, 0.1) is 10.9 Å². The van der Waals surface area contributed by atoms with Crippen LogP contribution in [0.5, 0.6) is 5.75 Å². The highest BCUT2D eigenvalue weighted by Crippen LogP contribution is 2.19. The molecule has 1 aromatic carbocycles. The van der Waals surface area contributed by atoms with E-state index in [0.29, 0.717) is 11.4 Å². The Morgan fingerprint density at radius 2 is 2.21 bits per heavy atom. The first-order chi connectivity index (χ1) is 8.85. The van der Waals surface area contributed by atoms with Gasteiger partial charge in [-0.1, -0.05) is 11.2 Å². The monoisotopic (exact) mass is 287 g/mol. The smallest absolute Gasteiger partial charge is 0.235 e. The number of hydrogen-bond acceptors (Lipinski definition) is 5. The Labute approximate surface area is 112 Å². The van der Waals surface area contributed by atoms with Crippen molar-refractivity contribution in [2.75, 3.05) is 11.3 Å². The summed E-state index contributed by atoms with van der Waals surface area (Å²) < 4.78 is 31.1. The van der Waals surface area contributed by atoms with Crippen molar-refractivity contribution in [3.63, 3.8) is 0 Å². The Hall–Kier alpha value is -1.96. The van der Waals surface area contributed by atoms with Crippen LogP contribution in [-0.4, -0.2) is 31.3 Å². The molecule has 4 N–H and O–H groups in total. The highest BCUT2D eigenvalue weighted by Gasteiger charge is 2.15. The highest BCUT2D eigenvalue weighted by molar-refractivity contribution is 7.93. The maximum atomic E-state index is 11.7. The van der Waals surface area contributed by atoms with Gasteiger partial charge in [0.15, 0.2) is 5.84 Å². The number of anilines is 1. The van der Waals surface area contributed by atoms with Gasteiger partial charge in [0.25, 0.3) is 0 Å². The summed E-state index contributed by atoms with van der Waals surface area (Å²) in [5.41, 5.74) is 5.66. The average molecular weight is 287 g/mol. The van der Waals surface area contributed by atoms with Crippen LogP contribution in [0.4, 0.5) is 5.69 Å². The van der Waals surface area contributed by atoms with Crippen LogP contribution in [0.25, 0.3) is 0 Å². The fourth-order valence-corrected chi connectivity index (χ4v) is 1.81. The molecule has 7 nitrogen and oxygen atoms in total. The number of rotatable bonds is 6. The van der Waals surface area contributed by atoms with Gasteiger partial charge in [-0.15, -0.1) is 0 Å². The molecule has 8 heteroatoms. The molecule has 0 amide bonds. The molecule has 0 saturated carbocycles. The highest BCUT2D eigenvalue weighted by atomic mass is 32.2. The minimum absolute atomic E-state index is 0.0758. The topological polar surface area (TPSA) is 114 Å². The van der Waals surface area contributed by atoms with E-state index in [9.17, 15) is 8.42 Å². The predicted octanol–water partition coefficient (Wildman–Crippen LogP) is 0.962. The van der Waals surface area contributed by atoms with Crippen LogP contribution in [0.3, 0.4) is 0 Å². The lowest BCUT2D eigenvalue weighted by molar-refractivity contribution is 0.306. The van der Waals surface area contributed by atoms with Gasteiger partial charge < -0.3 is 15.7 Å². The summed E-state index contributed by atoms with van der Waals surface area (Å²) in [6, 6.07) is 6.40. The number of ether oxygens (including phenoxy) is 1. The lowest BCUT2D eigenvalue weighted by atomic mass is 10.3. The molecule has 0 radical (unpaired) electrons. The molecule has 1 aromatic rings. The molecule has 0 aliphatic heterocycles. The van der Waals surface area contributed by atoms with Crippen molar-refractivity contribution in [2.24, 2.45) is 10.9 Å². The Kier molecular flexibility index (Phi) is 4.99. The maximum Gasteiger partial charge on any atom is 0.235 e. The Morgan fingerprint density at radius 1 is 1.53 bits per heavy atom. The molecule has 106 valence electrons. The van der Waals surface area contributed by atoms with Gasteiger partial charge in [0, 0.05) is 6.07 Å². The minimum Gasteiger partial charge on any atom is -0.485 e. The molecule has 0 heterocycles. The van der Waals surface area contributed by atoms with Crippen molar-refractivity contribution in [3.05, 3.63) is 24.3 Å². The molecular formula is C11H17N3O4S. The van der Waals surface area contributed by atoms with Gasteiger partial charge in [0.1, 0.15) is 12.4 Å². The lowest BCUT2D eigenvalue weighted by Gasteiger charge is -2.12. The van der Waals surface area contributed by atoms with E-state index in [1.165, 1.54) is 6.07 Å². The van der Waals surface area contributed by atoms with Gasteiger partial charge in [-0.05, 0) is 26.0 Å². The summed E-state index contributed by atoms with van der Waals surface area (Å²) in [4.78, 5) is 0. The molecule has 0 aliphatic rings. The number of sulfonamides is 1. The first kappa shape index (κ1) is 15.1. The minimum atomic E-state index is -3.40. The van der Waals surface area contributed by atoms with E-state index in [1.807, 2.05) is 0 Å². The fourth-order valence-electron chi connectivity index (χ4n) is 1.12. The van der Waals surface area contributed by atoms with Gasteiger partial charge in [-0.2, -0.15) is 0 Å². The van der Waals surface area contributed by atoms with Crippen LogP contribution in [0.15, 0.2) is 29.4 Å². The summed E-state index contributed by atoms with van der Waals surface area (Å²) in [6.45, 7) is 3.08. The van der Waals surface area contributed by atoms with Crippen LogP contribution >= 0.6 is 0 Å². The zero-order valence-corrected chi connectivity index (χ0v) is 11.5. The van der Waals surface area contributed by atoms with E-state index in [1.54, 1.807) is 32.0 Å². The van der Waals surface area contributed by atoms with E-state index in [-0.39, 0.29) is 12.4 Å². The average Bonchev–Trinajstić information content (AvgIpc) is 2.35. The molecule has 0 unspecified atom stereocenters. The molecule has 0 atom stereocenters. The molecule has 0 spiro atoms. The van der Waals surface area contributed by atoms with Gasteiger partial charge in [-0.25, -0.2) is 8.42 Å². The van der Waals surface area contributed by atoms with Crippen LogP contribution in [-0.2, 0) is 10.0 Å². The van der Waals surface area contributed by atoms with E-state index in [0.717, 1.165) is 0 Å². The number of nitrogens with zero attached hydrogens (tertiary/aromatic N) is 1. The molecule has 0 saturated heterocycles. The lowest BCUT2D eigenvalue weighted by Crippen LogP contribution is -2.22. The zero-order chi connectivity index (χ0) is 14.5. The van der Waals surface area contributed by atoms with Crippen molar-refractivity contribution in [2.45, 2.75) is 19.1 Å². The van der Waals surface area contributed by atoms with Crippen molar-refractivity contribution >= 4 is 21.5 Å². The van der Waals surface area contributed by atoms with E-state index < -0.39 is 15.3 Å². The van der Waals surface area contributed by atoms with Crippen molar-refractivity contribution in [1.29, 1.82) is 0 Å². The zero-order valence-electron chi connectivity index (χ0n) is 10.7. The second kappa shape index (κ2) is 6.28. The number of benzene rings is 1. The Balaban J connectivity index is 2.78. The number of nitrogens with two attached hydrogens (primary N) is 1. The summed E-state index contributed by atoms with van der Waals surface area (Å²) >= 11 is 0. The van der Waals surface area contributed by atoms with Crippen LogP contribution in [0, 0.1) is 0 Å². The molecule has 0 fully saturated rings. The van der Waals surface area contributed by atoms with Gasteiger partial charge >= 0.3 is 0 Å². The summed E-state index contributed by atoms with van der Waals surface area (Å²) in [7, 11) is -3.40. The summed E-state index contributed by atoms with van der Waals surface area (Å²) in [5.74, 6) is 0.337. The quantitative estimate of drug-likeness (QED) is 0.312. The number of hydrogen-bond donors (Lipinski definition) is 3. The standard InChI is InChI=1S/C11H17N3O4S/c1-8(2)19(16,17)14-9-4-3-5-10(6-9)18-7-11(12)13-15/h3-6,8,14-15H,7H2,1-2H3,(H2,12,13). The fraction of sp³-hybridized carbons (Fsp3) is 0.364. The molecule has 0 bridgehead atoms. The maximum absolute atomic E-state index is 11.7. The van der Waals surface area contributed by atoms with E-state index >= 15 is 0 Å². The first-order valence-corrected chi connectivity index (χ1v) is 7.10. The molecule has 0 aromatic heterocycles. The van der Waals surface area contributed by atoms with E-state index in [4.69, 9.17) is 15.7 Å². The van der Waals surface area contributed by atoms with Crippen molar-refractivity contribution in [1.82, 2.24) is 0 Å². The SMILES string of the molecule is CC(C)S(=O)(=O)Nc1cccc(OC/C(N)=N/O)c1. The largest absolute Gasteiger partial charge is 0.485 e. The molecule has 1 rings (SSSR count). The van der Waals surface area contributed by atoms with Crippen LogP contribution in [0.1, 0.15) is 13.8 Å².